The molecule has 0 fully saturated rings. The molecular formula is C29H22N4O4S. The molecule has 0 radical (unpaired) electrons. The van der Waals surface area contributed by atoms with Gasteiger partial charge in [-0.3, -0.25) is 14.6 Å². The van der Waals surface area contributed by atoms with Gasteiger partial charge in [-0.2, -0.15) is 4.37 Å². The summed E-state index contributed by atoms with van der Waals surface area (Å²) < 4.78 is 15.2. The fourth-order valence-electron chi connectivity index (χ4n) is 4.38. The number of aromatic nitrogens is 3. The Balaban J connectivity index is 1.18. The molecule has 0 saturated heterocycles. The van der Waals surface area contributed by atoms with Crippen molar-refractivity contribution in [3.05, 3.63) is 106 Å². The highest BCUT2D eigenvalue weighted by molar-refractivity contribution is 7.06. The second kappa shape index (κ2) is 10.0. The predicted molar refractivity (Wildman–Crippen MR) is 144 cm³/mol. The van der Waals surface area contributed by atoms with E-state index in [1.54, 1.807) is 36.5 Å². The Hall–Kier alpha value is -4.63. The maximum atomic E-state index is 13.3. The topological polar surface area (TPSA) is 103 Å². The molecule has 5 aromatic rings. The number of fused-ring (bicyclic) bond motifs is 2. The van der Waals surface area contributed by atoms with E-state index in [1.807, 2.05) is 43.3 Å². The number of hydrogen-bond donors (Lipinski definition) is 1. The third-order valence-corrected chi connectivity index (χ3v) is 7.18. The van der Waals surface area contributed by atoms with Gasteiger partial charge < -0.3 is 14.8 Å². The van der Waals surface area contributed by atoms with Crippen molar-refractivity contribution in [2.75, 3.05) is 12.1 Å². The average Bonchev–Trinajstić information content (AvgIpc) is 3.54. The van der Waals surface area contributed by atoms with Crippen LogP contribution in [0.4, 0.5) is 5.69 Å². The fourth-order valence-corrected chi connectivity index (χ4v) is 5.26. The van der Waals surface area contributed by atoms with Gasteiger partial charge in [0.05, 0.1) is 28.0 Å². The number of anilines is 1. The molecule has 1 amide bonds. The SMILES string of the molecule is Cc1nsc(Cc2cnc3ccccc3n2)c1C(=O)Nc1cccc(C(=O)Cc2ccc3c(c2)OCO3)c1. The summed E-state index contributed by atoms with van der Waals surface area (Å²) in [6.07, 6.45) is 2.38. The number of benzene rings is 3. The lowest BCUT2D eigenvalue weighted by atomic mass is 10.0. The number of aryl methyl sites for hydroxylation is 1. The molecule has 1 N–H and O–H groups in total. The Morgan fingerprint density at radius 2 is 1.82 bits per heavy atom. The third-order valence-electron chi connectivity index (χ3n) is 6.24. The molecule has 0 bridgehead atoms. The van der Waals surface area contributed by atoms with Crippen LogP contribution >= 0.6 is 11.5 Å². The summed E-state index contributed by atoms with van der Waals surface area (Å²) in [5, 5.41) is 2.94. The summed E-state index contributed by atoms with van der Waals surface area (Å²) >= 11 is 1.28. The van der Waals surface area contributed by atoms with Crippen LogP contribution in [0.25, 0.3) is 11.0 Å². The van der Waals surface area contributed by atoms with Crippen molar-refractivity contribution in [1.29, 1.82) is 0 Å². The summed E-state index contributed by atoms with van der Waals surface area (Å²) in [6.45, 7) is 2.00. The predicted octanol–water partition coefficient (Wildman–Crippen LogP) is 5.39. The zero-order chi connectivity index (χ0) is 26.1. The number of rotatable bonds is 7. The lowest BCUT2D eigenvalue weighted by molar-refractivity contribution is 0.0989. The van der Waals surface area contributed by atoms with Crippen LogP contribution in [0.3, 0.4) is 0 Å². The monoisotopic (exact) mass is 522 g/mol. The Bertz CT molecular complexity index is 1700. The van der Waals surface area contributed by atoms with Crippen molar-refractivity contribution in [1.82, 2.24) is 14.3 Å². The molecule has 188 valence electrons. The van der Waals surface area contributed by atoms with Crippen LogP contribution in [-0.4, -0.2) is 32.8 Å². The second-order valence-electron chi connectivity index (χ2n) is 8.92. The van der Waals surface area contributed by atoms with E-state index in [4.69, 9.17) is 9.47 Å². The number of hydrogen-bond acceptors (Lipinski definition) is 8. The fraction of sp³-hybridized carbons (Fsp3) is 0.138. The highest BCUT2D eigenvalue weighted by atomic mass is 32.1. The van der Waals surface area contributed by atoms with Crippen LogP contribution in [0.2, 0.25) is 0 Å². The summed E-state index contributed by atoms with van der Waals surface area (Å²) in [7, 11) is 0. The smallest absolute Gasteiger partial charge is 0.258 e. The summed E-state index contributed by atoms with van der Waals surface area (Å²) in [6, 6.07) is 20.1. The van der Waals surface area contributed by atoms with Gasteiger partial charge in [0.25, 0.3) is 5.91 Å². The van der Waals surface area contributed by atoms with Crippen LogP contribution in [0.15, 0.2) is 72.9 Å². The maximum absolute atomic E-state index is 13.3. The largest absolute Gasteiger partial charge is 0.454 e. The zero-order valence-electron chi connectivity index (χ0n) is 20.4. The Labute approximate surface area is 222 Å². The van der Waals surface area contributed by atoms with E-state index < -0.39 is 0 Å². The lowest BCUT2D eigenvalue weighted by Gasteiger charge is -2.09. The first kappa shape index (κ1) is 23.7. The molecule has 3 aromatic carbocycles. The number of ketones is 1. The Kier molecular flexibility index (Phi) is 6.27. The highest BCUT2D eigenvalue weighted by Gasteiger charge is 2.20. The first-order valence-electron chi connectivity index (χ1n) is 12.0. The first-order valence-corrected chi connectivity index (χ1v) is 12.8. The number of nitrogens with one attached hydrogen (secondary N) is 1. The number of amides is 1. The molecule has 2 aromatic heterocycles. The zero-order valence-corrected chi connectivity index (χ0v) is 21.2. The molecule has 0 unspecified atom stereocenters. The second-order valence-corrected chi connectivity index (χ2v) is 9.77. The molecule has 6 rings (SSSR count). The number of nitrogens with zero attached hydrogens (tertiary/aromatic N) is 3. The molecule has 0 spiro atoms. The van der Waals surface area contributed by atoms with E-state index >= 15 is 0 Å². The van der Waals surface area contributed by atoms with Crippen LogP contribution in [0.5, 0.6) is 11.5 Å². The van der Waals surface area contributed by atoms with Gasteiger partial charge >= 0.3 is 0 Å². The minimum atomic E-state index is -0.277. The van der Waals surface area contributed by atoms with Crippen LogP contribution in [0.1, 0.15) is 42.5 Å². The molecule has 0 saturated carbocycles. The summed E-state index contributed by atoms with van der Waals surface area (Å²) in [4.78, 5) is 36.3. The van der Waals surface area contributed by atoms with E-state index in [-0.39, 0.29) is 24.9 Å². The number of carbonyl (C=O) groups is 2. The Morgan fingerprint density at radius 1 is 0.974 bits per heavy atom. The molecule has 0 atom stereocenters. The van der Waals surface area contributed by atoms with Gasteiger partial charge in [0, 0.05) is 35.2 Å². The van der Waals surface area contributed by atoms with Gasteiger partial charge in [-0.25, -0.2) is 4.98 Å². The van der Waals surface area contributed by atoms with Crippen LogP contribution in [0, 0.1) is 6.92 Å². The van der Waals surface area contributed by atoms with Gasteiger partial charge in [-0.1, -0.05) is 30.3 Å². The van der Waals surface area contributed by atoms with Crippen molar-refractivity contribution in [3.8, 4) is 11.5 Å². The van der Waals surface area contributed by atoms with Gasteiger partial charge in [0.15, 0.2) is 17.3 Å². The summed E-state index contributed by atoms with van der Waals surface area (Å²) in [5.74, 6) is 0.974. The van der Waals surface area contributed by atoms with E-state index in [1.165, 1.54) is 11.5 Å². The van der Waals surface area contributed by atoms with Gasteiger partial charge in [-0.05, 0) is 60.4 Å². The minimum Gasteiger partial charge on any atom is -0.454 e. The maximum Gasteiger partial charge on any atom is 0.258 e. The quantitative estimate of drug-likeness (QED) is 0.286. The van der Waals surface area contributed by atoms with Crippen LogP contribution < -0.4 is 14.8 Å². The molecule has 9 heteroatoms. The lowest BCUT2D eigenvalue weighted by Crippen LogP contribution is -2.15. The van der Waals surface area contributed by atoms with Gasteiger partial charge in [-0.15, -0.1) is 0 Å². The molecule has 3 heterocycles. The molecule has 38 heavy (non-hydrogen) atoms. The number of carbonyl (C=O) groups excluding carboxylic acids is 2. The molecule has 1 aliphatic heterocycles. The van der Waals surface area contributed by atoms with Crippen molar-refractivity contribution in [2.45, 2.75) is 19.8 Å². The molecular weight excluding hydrogens is 500 g/mol. The van der Waals surface area contributed by atoms with Crippen molar-refractivity contribution in [2.24, 2.45) is 0 Å². The van der Waals surface area contributed by atoms with Gasteiger partial charge in [0.2, 0.25) is 6.79 Å². The average molecular weight is 523 g/mol. The number of para-hydroxylation sites is 2. The van der Waals surface area contributed by atoms with E-state index in [0.717, 1.165) is 27.2 Å². The van der Waals surface area contributed by atoms with Crippen molar-refractivity contribution in [3.63, 3.8) is 0 Å². The van der Waals surface area contributed by atoms with E-state index in [0.29, 0.717) is 40.4 Å². The molecule has 0 aliphatic carbocycles. The van der Waals surface area contributed by atoms with E-state index in [9.17, 15) is 9.59 Å². The van der Waals surface area contributed by atoms with Gasteiger partial charge in [0.1, 0.15) is 0 Å². The highest BCUT2D eigenvalue weighted by Crippen LogP contribution is 2.33. The third kappa shape index (κ3) is 4.83. The number of Topliss-reactive ketones (excluding diaryl/α,β-unsaturated/α-hetero) is 1. The minimum absolute atomic E-state index is 0.0658. The first-order chi connectivity index (χ1) is 18.5. The molecule has 8 nitrogen and oxygen atoms in total. The molecule has 1 aliphatic rings. The van der Waals surface area contributed by atoms with Crippen molar-refractivity contribution >= 4 is 39.9 Å². The van der Waals surface area contributed by atoms with E-state index in [2.05, 4.69) is 19.7 Å². The Morgan fingerprint density at radius 3 is 2.71 bits per heavy atom. The standard InChI is InChI=1S/C29H22N4O4S/c1-17-28(27(38-33-17)14-21-15-30-22-7-2-3-8-23(22)31-21)29(35)32-20-6-4-5-19(13-20)24(34)11-18-9-10-25-26(12-18)37-16-36-25/h2-10,12-13,15H,11,14,16H2,1H3,(H,32,35). The van der Waals surface area contributed by atoms with Crippen molar-refractivity contribution < 1.29 is 19.1 Å². The number of ether oxygens (including phenoxy) is 2. The normalized spacial score (nSPS) is 12.0. The van der Waals surface area contributed by atoms with Crippen LogP contribution in [-0.2, 0) is 12.8 Å². The summed E-state index contributed by atoms with van der Waals surface area (Å²) in [5.41, 5.74) is 5.42.